The number of ether oxygens (including phenoxy) is 2. The Bertz CT molecular complexity index is 2010. The molecule has 0 aromatic heterocycles. The first-order chi connectivity index (χ1) is 26.4. The highest BCUT2D eigenvalue weighted by Crippen LogP contribution is 2.45. The summed E-state index contributed by atoms with van der Waals surface area (Å²) in [6.07, 6.45) is 0. The third-order valence-electron chi connectivity index (χ3n) is 9.86. The summed E-state index contributed by atoms with van der Waals surface area (Å²) in [5.41, 5.74) is 3.03. The Morgan fingerprint density at radius 3 is 2.31 bits per heavy atom. The molecule has 0 aliphatic carbocycles. The van der Waals surface area contributed by atoms with E-state index in [0.29, 0.717) is 42.5 Å². The SMILES string of the molecule is CCOc1ccc(S(=O)(=O)NC(C)COC)cc1C1=NC(c2ccc(C)cc2)C(c2ccc(Cl)cc2)N1C(=O)N1CCN(C(=O)CN2CCNC(=O)C2)CC1. The molecule has 4 amide bonds. The number of rotatable bonds is 12. The predicted octanol–water partition coefficient (Wildman–Crippen LogP) is 3.60. The van der Waals surface area contributed by atoms with E-state index in [0.717, 1.165) is 16.7 Å². The zero-order valence-corrected chi connectivity index (χ0v) is 33.1. The largest absolute Gasteiger partial charge is 0.493 e. The van der Waals surface area contributed by atoms with E-state index in [1.165, 1.54) is 19.2 Å². The molecular weight excluding hydrogens is 746 g/mol. The molecule has 294 valence electrons. The van der Waals surface area contributed by atoms with Crippen molar-refractivity contribution in [1.29, 1.82) is 0 Å². The lowest BCUT2D eigenvalue weighted by molar-refractivity contribution is -0.135. The molecule has 0 radical (unpaired) electrons. The van der Waals surface area contributed by atoms with Crippen LogP contribution in [-0.2, 0) is 24.3 Å². The fourth-order valence-electron chi connectivity index (χ4n) is 7.12. The molecule has 2 fully saturated rings. The van der Waals surface area contributed by atoms with Crippen molar-refractivity contribution < 1.29 is 32.3 Å². The van der Waals surface area contributed by atoms with Gasteiger partial charge < -0.3 is 24.6 Å². The Balaban J connectivity index is 1.40. The van der Waals surface area contributed by atoms with Crippen molar-refractivity contribution in [3.05, 3.63) is 94.0 Å². The number of urea groups is 1. The minimum absolute atomic E-state index is 0.0239. The molecule has 16 heteroatoms. The van der Waals surface area contributed by atoms with Gasteiger partial charge in [-0.25, -0.2) is 17.9 Å². The molecule has 2 saturated heterocycles. The molecule has 0 bridgehead atoms. The second kappa shape index (κ2) is 17.5. The van der Waals surface area contributed by atoms with Crippen molar-refractivity contribution in [1.82, 2.24) is 29.6 Å². The zero-order chi connectivity index (χ0) is 39.3. The Kier molecular flexibility index (Phi) is 12.8. The number of benzene rings is 3. The number of aryl methyl sites for hydroxylation is 1. The highest BCUT2D eigenvalue weighted by molar-refractivity contribution is 7.89. The molecule has 2 N–H and O–H groups in total. The van der Waals surface area contributed by atoms with E-state index in [1.807, 2.05) is 55.1 Å². The number of amides is 4. The van der Waals surface area contributed by atoms with Gasteiger partial charge in [0.2, 0.25) is 21.8 Å². The van der Waals surface area contributed by atoms with Crippen molar-refractivity contribution in [2.24, 2.45) is 4.99 Å². The molecule has 3 aromatic rings. The van der Waals surface area contributed by atoms with Crippen molar-refractivity contribution in [2.45, 2.75) is 43.8 Å². The molecule has 6 rings (SSSR count). The van der Waals surface area contributed by atoms with Crippen molar-refractivity contribution in [3.63, 3.8) is 0 Å². The number of nitrogens with one attached hydrogen (secondary N) is 2. The molecule has 0 spiro atoms. The van der Waals surface area contributed by atoms with Crippen LogP contribution < -0.4 is 14.8 Å². The zero-order valence-electron chi connectivity index (χ0n) is 31.5. The van der Waals surface area contributed by atoms with Crippen LogP contribution in [0.2, 0.25) is 5.02 Å². The Morgan fingerprint density at radius 2 is 1.65 bits per heavy atom. The number of hydrogen-bond acceptors (Lipinski definition) is 9. The number of sulfonamides is 1. The van der Waals surface area contributed by atoms with Crippen LogP contribution in [0.5, 0.6) is 5.75 Å². The van der Waals surface area contributed by atoms with Crippen molar-refractivity contribution in [3.8, 4) is 5.75 Å². The molecule has 3 aromatic carbocycles. The van der Waals surface area contributed by atoms with E-state index < -0.39 is 28.1 Å². The average Bonchev–Trinajstić information content (AvgIpc) is 3.55. The number of carbonyl (C=O) groups is 3. The monoisotopic (exact) mass is 793 g/mol. The van der Waals surface area contributed by atoms with Crippen LogP contribution in [0.4, 0.5) is 4.79 Å². The Labute approximate surface area is 327 Å². The summed E-state index contributed by atoms with van der Waals surface area (Å²) >= 11 is 6.35. The van der Waals surface area contributed by atoms with E-state index in [-0.39, 0.29) is 68.0 Å². The van der Waals surface area contributed by atoms with Gasteiger partial charge in [0.25, 0.3) is 0 Å². The van der Waals surface area contributed by atoms with E-state index >= 15 is 4.79 Å². The topological polar surface area (TPSA) is 153 Å². The van der Waals surface area contributed by atoms with Crippen LogP contribution in [0, 0.1) is 6.92 Å². The quantitative estimate of drug-likeness (QED) is 0.282. The fraction of sp³-hybridized carbons (Fsp3) is 0.436. The number of amidine groups is 1. The van der Waals surface area contributed by atoms with E-state index in [4.69, 9.17) is 26.1 Å². The summed E-state index contributed by atoms with van der Waals surface area (Å²) in [5.74, 6) is 0.410. The molecule has 0 saturated carbocycles. The number of methoxy groups -OCH3 is 1. The normalized spacial score (nSPS) is 19.9. The second-order valence-electron chi connectivity index (χ2n) is 14.0. The third kappa shape index (κ3) is 9.30. The summed E-state index contributed by atoms with van der Waals surface area (Å²) in [7, 11) is -2.53. The van der Waals surface area contributed by atoms with E-state index in [9.17, 15) is 18.0 Å². The Morgan fingerprint density at radius 1 is 0.982 bits per heavy atom. The second-order valence-corrected chi connectivity index (χ2v) is 16.1. The fourth-order valence-corrected chi connectivity index (χ4v) is 8.50. The van der Waals surface area contributed by atoms with Gasteiger partial charge in [-0.15, -0.1) is 0 Å². The summed E-state index contributed by atoms with van der Waals surface area (Å²) in [6, 6.07) is 17.7. The highest BCUT2D eigenvalue weighted by Gasteiger charge is 2.45. The van der Waals surface area contributed by atoms with Crippen LogP contribution in [0.15, 0.2) is 76.6 Å². The summed E-state index contributed by atoms with van der Waals surface area (Å²) in [5, 5.41) is 3.31. The van der Waals surface area contributed by atoms with Gasteiger partial charge in [-0.1, -0.05) is 53.6 Å². The molecule has 3 unspecified atom stereocenters. The van der Waals surface area contributed by atoms with Crippen molar-refractivity contribution in [2.75, 3.05) is 72.7 Å². The van der Waals surface area contributed by atoms with E-state index in [2.05, 4.69) is 10.0 Å². The lowest BCUT2D eigenvalue weighted by atomic mass is 9.93. The standard InChI is InChI=1S/C39H48ClN7O7S/c1-5-54-33-15-14-31(55(51,52)43-27(3)25-53-4)22-32(33)38-42-36(28-8-6-26(2)7-9-28)37(29-10-12-30(40)13-11-29)47(38)39(50)46-20-18-45(19-21-46)35(49)24-44-17-16-41-34(48)23-44/h6-15,22,27,36-37,43H,5,16-21,23-25H2,1-4H3,(H,41,48). The van der Waals surface area contributed by atoms with Gasteiger partial charge in [-0.05, 0) is 62.2 Å². The highest BCUT2D eigenvalue weighted by atomic mass is 35.5. The molecule has 3 aliphatic rings. The summed E-state index contributed by atoms with van der Waals surface area (Å²) < 4.78 is 41.2. The number of nitrogens with zero attached hydrogens (tertiary/aromatic N) is 5. The van der Waals surface area contributed by atoms with Crippen LogP contribution in [-0.4, -0.2) is 130 Å². The minimum atomic E-state index is -4.02. The number of piperazine rings is 2. The number of hydrogen-bond donors (Lipinski definition) is 2. The van der Waals surface area contributed by atoms with Gasteiger partial charge in [0.15, 0.2) is 0 Å². The first-order valence-electron chi connectivity index (χ1n) is 18.4. The van der Waals surface area contributed by atoms with Crippen LogP contribution in [0.3, 0.4) is 0 Å². The summed E-state index contributed by atoms with van der Waals surface area (Å²) in [6.45, 7) is 8.49. The summed E-state index contributed by atoms with van der Waals surface area (Å²) in [4.78, 5) is 52.3. The number of aliphatic imine (C=N–C) groups is 1. The molecule has 3 heterocycles. The van der Waals surface area contributed by atoms with E-state index in [1.54, 1.807) is 39.8 Å². The van der Waals surface area contributed by atoms with Crippen LogP contribution in [0.1, 0.15) is 48.2 Å². The maximum Gasteiger partial charge on any atom is 0.326 e. The van der Waals surface area contributed by atoms with Gasteiger partial charge in [-0.2, -0.15) is 0 Å². The van der Waals surface area contributed by atoms with Gasteiger partial charge in [0.1, 0.15) is 17.6 Å². The lowest BCUT2D eigenvalue weighted by Gasteiger charge is -2.39. The molecule has 3 aliphatic heterocycles. The molecule has 55 heavy (non-hydrogen) atoms. The first kappa shape index (κ1) is 40.1. The molecule has 3 atom stereocenters. The minimum Gasteiger partial charge on any atom is -0.493 e. The molecular formula is C39H48ClN7O7S. The molecule has 14 nitrogen and oxygen atoms in total. The third-order valence-corrected chi connectivity index (χ3v) is 11.7. The number of halogens is 1. The van der Waals surface area contributed by atoms with Crippen LogP contribution in [0.25, 0.3) is 0 Å². The van der Waals surface area contributed by atoms with Gasteiger partial charge in [0.05, 0.1) is 42.8 Å². The maximum absolute atomic E-state index is 15.1. The Hall–Kier alpha value is -4.54. The van der Waals surface area contributed by atoms with Gasteiger partial charge in [-0.3, -0.25) is 24.4 Å². The first-order valence-corrected chi connectivity index (χ1v) is 20.3. The lowest BCUT2D eigenvalue weighted by Crippen LogP contribution is -2.57. The van der Waals surface area contributed by atoms with Crippen molar-refractivity contribution >= 4 is 45.3 Å². The van der Waals surface area contributed by atoms with Crippen LogP contribution >= 0.6 is 11.6 Å². The average molecular weight is 794 g/mol. The maximum atomic E-state index is 15.1. The van der Waals surface area contributed by atoms with Gasteiger partial charge in [0, 0.05) is 57.4 Å². The van der Waals surface area contributed by atoms with Gasteiger partial charge >= 0.3 is 6.03 Å². The number of carbonyl (C=O) groups excluding carboxylic acids is 3. The smallest absolute Gasteiger partial charge is 0.326 e. The predicted molar refractivity (Wildman–Crippen MR) is 209 cm³/mol.